The van der Waals surface area contributed by atoms with Crippen LogP contribution in [0.15, 0.2) is 60.7 Å². The van der Waals surface area contributed by atoms with E-state index in [2.05, 4.69) is 23.4 Å². The molecule has 23 heavy (non-hydrogen) atoms. The first-order valence-electron chi connectivity index (χ1n) is 7.34. The van der Waals surface area contributed by atoms with E-state index in [9.17, 15) is 4.39 Å². The van der Waals surface area contributed by atoms with Gasteiger partial charge >= 0.3 is 0 Å². The van der Waals surface area contributed by atoms with Gasteiger partial charge in [0.15, 0.2) is 0 Å². The van der Waals surface area contributed by atoms with Crippen molar-refractivity contribution in [3.63, 3.8) is 0 Å². The number of halogens is 1. The van der Waals surface area contributed by atoms with E-state index >= 15 is 0 Å². The minimum Gasteiger partial charge on any atom is -0.481 e. The van der Waals surface area contributed by atoms with E-state index < -0.39 is 0 Å². The van der Waals surface area contributed by atoms with Gasteiger partial charge in [0.1, 0.15) is 18.2 Å². The van der Waals surface area contributed by atoms with Gasteiger partial charge in [0.2, 0.25) is 0 Å². The maximum absolute atomic E-state index is 13.0. The van der Waals surface area contributed by atoms with Crippen molar-refractivity contribution in [2.45, 2.75) is 6.54 Å². The molecule has 3 rings (SSSR count). The highest BCUT2D eigenvalue weighted by molar-refractivity contribution is 5.88. The van der Waals surface area contributed by atoms with Crippen LogP contribution in [0.1, 0.15) is 5.56 Å². The summed E-state index contributed by atoms with van der Waals surface area (Å²) in [7, 11) is 0. The van der Waals surface area contributed by atoms with Gasteiger partial charge in [0.25, 0.3) is 0 Å². The van der Waals surface area contributed by atoms with Crippen molar-refractivity contribution in [1.82, 2.24) is 0 Å². The standard InChI is InChI=1S/C20H16FNO/c1-2-13-23-20-12-7-15-5-3-4-6-18(15)19(20)14-22-17-10-8-16(21)9-11-17/h1,3-12,22H,13-14H2. The highest BCUT2D eigenvalue weighted by Gasteiger charge is 2.09. The normalized spacial score (nSPS) is 10.3. The Morgan fingerprint density at radius 3 is 2.57 bits per heavy atom. The Bertz CT molecular complexity index is 850. The topological polar surface area (TPSA) is 21.3 Å². The van der Waals surface area contributed by atoms with Gasteiger partial charge in [0, 0.05) is 17.8 Å². The van der Waals surface area contributed by atoms with Crippen LogP contribution in [0.3, 0.4) is 0 Å². The van der Waals surface area contributed by atoms with Gasteiger partial charge in [-0.2, -0.15) is 0 Å². The lowest BCUT2D eigenvalue weighted by Crippen LogP contribution is -2.04. The molecule has 0 aliphatic carbocycles. The maximum atomic E-state index is 13.0. The number of rotatable bonds is 5. The third-order valence-corrected chi connectivity index (χ3v) is 3.62. The first-order chi connectivity index (χ1) is 11.3. The van der Waals surface area contributed by atoms with Crippen molar-refractivity contribution in [3.05, 3.63) is 72.0 Å². The van der Waals surface area contributed by atoms with Gasteiger partial charge in [-0.3, -0.25) is 0 Å². The third kappa shape index (κ3) is 3.44. The molecule has 0 saturated heterocycles. The fourth-order valence-corrected chi connectivity index (χ4v) is 2.51. The summed E-state index contributed by atoms with van der Waals surface area (Å²) in [4.78, 5) is 0. The zero-order valence-corrected chi connectivity index (χ0v) is 12.6. The lowest BCUT2D eigenvalue weighted by Gasteiger charge is -2.14. The second kappa shape index (κ2) is 6.85. The van der Waals surface area contributed by atoms with E-state index in [-0.39, 0.29) is 12.4 Å². The van der Waals surface area contributed by atoms with Crippen molar-refractivity contribution >= 4 is 16.5 Å². The maximum Gasteiger partial charge on any atom is 0.148 e. The van der Waals surface area contributed by atoms with E-state index in [4.69, 9.17) is 11.2 Å². The Kier molecular flexibility index (Phi) is 4.44. The van der Waals surface area contributed by atoms with Crippen LogP contribution >= 0.6 is 0 Å². The molecule has 0 saturated carbocycles. The molecular weight excluding hydrogens is 289 g/mol. The molecule has 0 radical (unpaired) electrons. The quantitative estimate of drug-likeness (QED) is 0.695. The van der Waals surface area contributed by atoms with Crippen molar-refractivity contribution in [1.29, 1.82) is 0 Å². The van der Waals surface area contributed by atoms with Crippen LogP contribution in [0, 0.1) is 18.2 Å². The summed E-state index contributed by atoms with van der Waals surface area (Å²) in [6.45, 7) is 0.786. The lowest BCUT2D eigenvalue weighted by atomic mass is 10.0. The van der Waals surface area contributed by atoms with E-state index in [1.807, 2.05) is 24.3 Å². The Morgan fingerprint density at radius 2 is 1.78 bits per heavy atom. The molecule has 1 N–H and O–H groups in total. The average Bonchev–Trinajstić information content (AvgIpc) is 2.59. The van der Waals surface area contributed by atoms with Crippen LogP contribution < -0.4 is 10.1 Å². The molecule has 0 atom stereocenters. The molecule has 3 aromatic carbocycles. The summed E-state index contributed by atoms with van der Waals surface area (Å²) in [5.74, 6) is 3.00. The van der Waals surface area contributed by atoms with E-state index in [1.54, 1.807) is 12.1 Å². The molecule has 0 fully saturated rings. The monoisotopic (exact) mass is 305 g/mol. The third-order valence-electron chi connectivity index (χ3n) is 3.62. The zero-order chi connectivity index (χ0) is 16.1. The predicted octanol–water partition coefficient (Wildman–Crippen LogP) is 4.60. The molecule has 3 aromatic rings. The molecule has 0 heterocycles. The van der Waals surface area contributed by atoms with Crippen LogP contribution in [0.2, 0.25) is 0 Å². The van der Waals surface area contributed by atoms with Crippen molar-refractivity contribution in [3.8, 4) is 18.1 Å². The van der Waals surface area contributed by atoms with Gasteiger partial charge in [-0.25, -0.2) is 4.39 Å². The van der Waals surface area contributed by atoms with Gasteiger partial charge in [-0.15, -0.1) is 6.42 Å². The SMILES string of the molecule is C#CCOc1ccc2ccccc2c1CNc1ccc(F)cc1. The number of terminal acetylenes is 1. The smallest absolute Gasteiger partial charge is 0.148 e. The Balaban J connectivity index is 1.92. The second-order valence-corrected chi connectivity index (χ2v) is 5.12. The summed E-state index contributed by atoms with van der Waals surface area (Å²) < 4.78 is 18.7. The van der Waals surface area contributed by atoms with Crippen LogP contribution in [0.4, 0.5) is 10.1 Å². The lowest BCUT2D eigenvalue weighted by molar-refractivity contribution is 0.367. The number of ether oxygens (including phenoxy) is 1. The van der Waals surface area contributed by atoms with E-state index in [1.165, 1.54) is 12.1 Å². The number of benzene rings is 3. The number of fused-ring (bicyclic) bond motifs is 1. The molecule has 0 bridgehead atoms. The summed E-state index contributed by atoms with van der Waals surface area (Å²) >= 11 is 0. The molecule has 114 valence electrons. The minimum atomic E-state index is -0.251. The summed E-state index contributed by atoms with van der Waals surface area (Å²) in [6.07, 6.45) is 5.29. The largest absolute Gasteiger partial charge is 0.481 e. The Labute approximate surface area is 134 Å². The van der Waals surface area contributed by atoms with Crippen molar-refractivity contribution in [2.24, 2.45) is 0 Å². The Hall–Kier alpha value is -2.99. The first kappa shape index (κ1) is 14.9. The number of hydrogen-bond donors (Lipinski definition) is 1. The summed E-state index contributed by atoms with van der Waals surface area (Å²) in [5.41, 5.74) is 1.88. The first-order valence-corrected chi connectivity index (χ1v) is 7.34. The summed E-state index contributed by atoms with van der Waals surface area (Å²) in [6, 6.07) is 18.3. The molecule has 2 nitrogen and oxygen atoms in total. The second-order valence-electron chi connectivity index (χ2n) is 5.12. The van der Waals surface area contributed by atoms with Crippen LogP contribution in [-0.4, -0.2) is 6.61 Å². The van der Waals surface area contributed by atoms with E-state index in [0.29, 0.717) is 6.54 Å². The molecule has 3 heteroatoms. The van der Waals surface area contributed by atoms with Crippen molar-refractivity contribution < 1.29 is 9.13 Å². The molecule has 0 unspecified atom stereocenters. The Morgan fingerprint density at radius 1 is 1.00 bits per heavy atom. The number of hydrogen-bond acceptors (Lipinski definition) is 2. The number of anilines is 1. The van der Waals surface area contributed by atoms with Crippen molar-refractivity contribution in [2.75, 3.05) is 11.9 Å². The molecule has 0 amide bonds. The van der Waals surface area contributed by atoms with Gasteiger partial charge in [0.05, 0.1) is 0 Å². The fourth-order valence-electron chi connectivity index (χ4n) is 2.51. The highest BCUT2D eigenvalue weighted by atomic mass is 19.1. The van der Waals surface area contributed by atoms with Gasteiger partial charge in [-0.05, 0) is 41.1 Å². The van der Waals surface area contributed by atoms with Gasteiger partial charge in [-0.1, -0.05) is 36.3 Å². The van der Waals surface area contributed by atoms with E-state index in [0.717, 1.165) is 27.8 Å². The fraction of sp³-hybridized carbons (Fsp3) is 0.100. The zero-order valence-electron chi connectivity index (χ0n) is 12.6. The molecule has 0 aromatic heterocycles. The van der Waals surface area contributed by atoms with Crippen LogP contribution in [0.5, 0.6) is 5.75 Å². The molecular formula is C20H16FNO. The molecule has 0 aliphatic rings. The highest BCUT2D eigenvalue weighted by Crippen LogP contribution is 2.29. The molecule has 0 aliphatic heterocycles. The summed E-state index contributed by atoms with van der Waals surface area (Å²) in [5, 5.41) is 5.54. The molecule has 0 spiro atoms. The van der Waals surface area contributed by atoms with Gasteiger partial charge < -0.3 is 10.1 Å². The average molecular weight is 305 g/mol. The predicted molar refractivity (Wildman–Crippen MR) is 92.0 cm³/mol. The number of nitrogens with one attached hydrogen (secondary N) is 1. The minimum absolute atomic E-state index is 0.224. The van der Waals surface area contributed by atoms with Crippen LogP contribution in [-0.2, 0) is 6.54 Å². The van der Waals surface area contributed by atoms with Crippen LogP contribution in [0.25, 0.3) is 10.8 Å².